The summed E-state index contributed by atoms with van der Waals surface area (Å²) >= 11 is 0. The fourth-order valence-corrected chi connectivity index (χ4v) is 2.73. The van der Waals surface area contributed by atoms with E-state index >= 15 is 0 Å². The van der Waals surface area contributed by atoms with Crippen molar-refractivity contribution in [2.75, 3.05) is 0 Å². The van der Waals surface area contributed by atoms with E-state index < -0.39 is 11.5 Å². The van der Waals surface area contributed by atoms with Crippen molar-refractivity contribution in [3.63, 3.8) is 0 Å². The highest BCUT2D eigenvalue weighted by molar-refractivity contribution is 5.94. The van der Waals surface area contributed by atoms with Crippen molar-refractivity contribution in [3.05, 3.63) is 75.8 Å². The van der Waals surface area contributed by atoms with Crippen LogP contribution in [-0.4, -0.2) is 20.7 Å². The van der Waals surface area contributed by atoms with Crippen LogP contribution >= 0.6 is 0 Å². The molecule has 2 heterocycles. The number of carbonyl (C=O) groups excluding carboxylic acids is 1. The Bertz CT molecular complexity index is 957. The van der Waals surface area contributed by atoms with Crippen LogP contribution in [0.25, 0.3) is 11.3 Å². The zero-order valence-electron chi connectivity index (χ0n) is 14.4. The molecule has 0 aliphatic heterocycles. The largest absolute Gasteiger partial charge is 0.345 e. The number of aryl methyl sites for hydroxylation is 1. The lowest BCUT2D eigenvalue weighted by Crippen LogP contribution is -2.31. The van der Waals surface area contributed by atoms with Gasteiger partial charge in [-0.3, -0.25) is 14.3 Å². The van der Waals surface area contributed by atoms with Crippen molar-refractivity contribution in [1.82, 2.24) is 20.1 Å². The number of nitrogens with one attached hydrogen (secondary N) is 2. The molecule has 0 fully saturated rings. The Balaban J connectivity index is 1.81. The van der Waals surface area contributed by atoms with E-state index in [1.165, 1.54) is 0 Å². The molecule has 0 saturated carbocycles. The molecule has 6 heteroatoms. The Labute approximate surface area is 145 Å². The molecular weight excluding hydrogens is 316 g/mol. The van der Waals surface area contributed by atoms with Gasteiger partial charge in [-0.05, 0) is 31.5 Å². The number of H-pyrrole nitrogens is 1. The summed E-state index contributed by atoms with van der Waals surface area (Å²) in [6.07, 6.45) is 1.73. The Hall–Kier alpha value is -3.15. The fraction of sp³-hybridized carbons (Fsp3) is 0.211. The molecule has 128 valence electrons. The molecule has 3 rings (SSSR count). The van der Waals surface area contributed by atoms with Crippen LogP contribution in [0.15, 0.2) is 53.5 Å². The standard InChI is InChI=1S/C19H20N4O2/c1-12(16-11-20-23(3)13(16)2)21-18(24)15-9-10-17(22-19(15)25)14-7-5-4-6-8-14/h4-12H,1-3H3,(H,21,24)(H,22,25)/t12-/m0/s1. The summed E-state index contributed by atoms with van der Waals surface area (Å²) in [7, 11) is 1.85. The smallest absolute Gasteiger partial charge is 0.261 e. The molecule has 3 aromatic rings. The first kappa shape index (κ1) is 16.7. The summed E-state index contributed by atoms with van der Waals surface area (Å²) in [6.45, 7) is 3.81. The van der Waals surface area contributed by atoms with E-state index in [1.54, 1.807) is 23.0 Å². The quantitative estimate of drug-likeness (QED) is 0.768. The maximum Gasteiger partial charge on any atom is 0.261 e. The lowest BCUT2D eigenvalue weighted by atomic mass is 10.1. The van der Waals surface area contributed by atoms with E-state index in [2.05, 4.69) is 15.4 Å². The maximum atomic E-state index is 12.5. The molecule has 2 aromatic heterocycles. The third-order valence-electron chi connectivity index (χ3n) is 4.33. The predicted octanol–water partition coefficient (Wildman–Crippen LogP) is 2.57. The number of amides is 1. The molecule has 0 spiro atoms. The number of hydrogen-bond donors (Lipinski definition) is 2. The molecule has 0 unspecified atom stereocenters. The molecule has 0 aliphatic carbocycles. The van der Waals surface area contributed by atoms with Crippen molar-refractivity contribution in [2.45, 2.75) is 19.9 Å². The molecule has 1 atom stereocenters. The zero-order chi connectivity index (χ0) is 18.0. The number of pyridine rings is 1. The SMILES string of the molecule is Cc1c([C@H](C)NC(=O)c2ccc(-c3ccccc3)[nH]c2=O)cnn1C. The van der Waals surface area contributed by atoms with Gasteiger partial charge >= 0.3 is 0 Å². The minimum absolute atomic E-state index is 0.0908. The van der Waals surface area contributed by atoms with Gasteiger partial charge < -0.3 is 10.3 Å². The van der Waals surface area contributed by atoms with E-state index in [9.17, 15) is 9.59 Å². The van der Waals surface area contributed by atoms with Gasteiger partial charge in [-0.25, -0.2) is 0 Å². The maximum absolute atomic E-state index is 12.5. The summed E-state index contributed by atoms with van der Waals surface area (Å²) in [5.74, 6) is -0.406. The van der Waals surface area contributed by atoms with Crippen molar-refractivity contribution in [1.29, 1.82) is 0 Å². The number of hydrogen-bond acceptors (Lipinski definition) is 3. The monoisotopic (exact) mass is 336 g/mol. The third kappa shape index (κ3) is 3.38. The molecule has 6 nitrogen and oxygen atoms in total. The van der Waals surface area contributed by atoms with Crippen LogP contribution in [0.1, 0.15) is 34.6 Å². The summed E-state index contributed by atoms with van der Waals surface area (Å²) in [4.78, 5) is 27.5. The highest BCUT2D eigenvalue weighted by Crippen LogP contribution is 2.17. The van der Waals surface area contributed by atoms with Crippen LogP contribution in [0, 0.1) is 6.92 Å². The first-order valence-corrected chi connectivity index (χ1v) is 8.05. The van der Waals surface area contributed by atoms with Crippen LogP contribution in [0.2, 0.25) is 0 Å². The minimum Gasteiger partial charge on any atom is -0.345 e. The van der Waals surface area contributed by atoms with E-state index in [0.717, 1.165) is 16.8 Å². The molecule has 25 heavy (non-hydrogen) atoms. The molecule has 0 radical (unpaired) electrons. The number of benzene rings is 1. The number of carbonyl (C=O) groups is 1. The van der Waals surface area contributed by atoms with Crippen LogP contribution < -0.4 is 10.9 Å². The zero-order valence-corrected chi connectivity index (χ0v) is 14.4. The second kappa shape index (κ2) is 6.76. The highest BCUT2D eigenvalue weighted by atomic mass is 16.2. The summed E-state index contributed by atoms with van der Waals surface area (Å²) in [5.41, 5.74) is 3.15. The Morgan fingerprint density at radius 2 is 1.92 bits per heavy atom. The number of aromatic nitrogens is 3. The van der Waals surface area contributed by atoms with Gasteiger partial charge in [0.05, 0.1) is 12.2 Å². The Kier molecular flexibility index (Phi) is 4.52. The van der Waals surface area contributed by atoms with Gasteiger partial charge in [0.2, 0.25) is 0 Å². The second-order valence-corrected chi connectivity index (χ2v) is 5.98. The number of aromatic amines is 1. The molecule has 0 bridgehead atoms. The Morgan fingerprint density at radius 3 is 2.52 bits per heavy atom. The van der Waals surface area contributed by atoms with Crippen LogP contribution in [0.5, 0.6) is 0 Å². The number of nitrogens with zero attached hydrogens (tertiary/aromatic N) is 2. The van der Waals surface area contributed by atoms with Crippen molar-refractivity contribution in [3.8, 4) is 11.3 Å². The van der Waals surface area contributed by atoms with Crippen LogP contribution in [-0.2, 0) is 7.05 Å². The second-order valence-electron chi connectivity index (χ2n) is 5.98. The molecule has 0 saturated heterocycles. The minimum atomic E-state index is -0.408. The lowest BCUT2D eigenvalue weighted by Gasteiger charge is -2.13. The predicted molar refractivity (Wildman–Crippen MR) is 96.3 cm³/mol. The van der Waals surface area contributed by atoms with Gasteiger partial charge in [0.15, 0.2) is 0 Å². The van der Waals surface area contributed by atoms with E-state index in [4.69, 9.17) is 0 Å². The van der Waals surface area contributed by atoms with Gasteiger partial charge in [0.25, 0.3) is 11.5 Å². The van der Waals surface area contributed by atoms with Gasteiger partial charge in [0.1, 0.15) is 5.56 Å². The van der Waals surface area contributed by atoms with E-state index in [0.29, 0.717) is 5.69 Å². The molecule has 1 amide bonds. The highest BCUT2D eigenvalue weighted by Gasteiger charge is 2.17. The molecule has 1 aromatic carbocycles. The van der Waals surface area contributed by atoms with Gasteiger partial charge in [-0.15, -0.1) is 0 Å². The van der Waals surface area contributed by atoms with Gasteiger partial charge in [0, 0.05) is 24.0 Å². The van der Waals surface area contributed by atoms with Crippen molar-refractivity contribution >= 4 is 5.91 Å². The van der Waals surface area contributed by atoms with Gasteiger partial charge in [-0.1, -0.05) is 30.3 Å². The Morgan fingerprint density at radius 1 is 1.20 bits per heavy atom. The van der Waals surface area contributed by atoms with Crippen LogP contribution in [0.3, 0.4) is 0 Å². The average Bonchev–Trinajstić information content (AvgIpc) is 2.94. The average molecular weight is 336 g/mol. The first-order chi connectivity index (χ1) is 12.0. The van der Waals surface area contributed by atoms with Crippen LogP contribution in [0.4, 0.5) is 0 Å². The molecular formula is C19H20N4O2. The summed E-state index contributed by atoms with van der Waals surface area (Å²) in [5, 5.41) is 7.03. The normalized spacial score (nSPS) is 12.0. The first-order valence-electron chi connectivity index (χ1n) is 8.05. The van der Waals surface area contributed by atoms with E-state index in [-0.39, 0.29) is 11.6 Å². The summed E-state index contributed by atoms with van der Waals surface area (Å²) < 4.78 is 1.75. The fourth-order valence-electron chi connectivity index (χ4n) is 2.73. The lowest BCUT2D eigenvalue weighted by molar-refractivity contribution is 0.0938. The van der Waals surface area contributed by atoms with Gasteiger partial charge in [-0.2, -0.15) is 5.10 Å². The molecule has 2 N–H and O–H groups in total. The number of rotatable bonds is 4. The topological polar surface area (TPSA) is 79.8 Å². The van der Waals surface area contributed by atoms with Crippen molar-refractivity contribution in [2.24, 2.45) is 7.05 Å². The van der Waals surface area contributed by atoms with E-state index in [1.807, 2.05) is 51.2 Å². The van der Waals surface area contributed by atoms with Crippen molar-refractivity contribution < 1.29 is 4.79 Å². The summed E-state index contributed by atoms with van der Waals surface area (Å²) in [6, 6.07) is 12.6. The third-order valence-corrected chi connectivity index (χ3v) is 4.33. The molecule has 0 aliphatic rings.